The molecule has 0 saturated heterocycles. The maximum Gasteiger partial charge on any atom is 0.0974 e. The Bertz CT molecular complexity index is 498. The largest absolute Gasteiger partial charge is 0.330 e. The van der Waals surface area contributed by atoms with Crippen molar-refractivity contribution >= 4 is 34.7 Å². The van der Waals surface area contributed by atoms with Crippen LogP contribution in [0.5, 0.6) is 0 Å². The minimum absolute atomic E-state index is 0.0623. The Hall–Kier alpha value is -0.480. The fourth-order valence-corrected chi connectivity index (χ4v) is 4.54. The zero-order valence-corrected chi connectivity index (χ0v) is 12.6. The van der Waals surface area contributed by atoms with Crippen LogP contribution in [0.3, 0.4) is 0 Å². The molecule has 0 spiro atoms. The van der Waals surface area contributed by atoms with E-state index < -0.39 is 0 Å². The van der Waals surface area contributed by atoms with E-state index in [2.05, 4.69) is 37.3 Å². The third kappa shape index (κ3) is 3.09. The van der Waals surface area contributed by atoms with Gasteiger partial charge in [0.2, 0.25) is 0 Å². The molecule has 0 aliphatic rings. The first-order valence-electron chi connectivity index (χ1n) is 5.83. The first-order chi connectivity index (χ1) is 8.65. The Morgan fingerprint density at radius 2 is 2.00 bits per heavy atom. The Morgan fingerprint density at radius 3 is 2.56 bits per heavy atom. The maximum atomic E-state index is 6.29. The van der Waals surface area contributed by atoms with Crippen molar-refractivity contribution in [2.45, 2.75) is 23.0 Å². The molecule has 2 aromatic rings. The molecular weight excluding hydrogens is 282 g/mol. The molecular formula is C14H16ClNS2. The molecule has 0 saturated carbocycles. The number of hydrogen-bond donors (Lipinski definition) is 1. The second-order valence-corrected chi connectivity index (χ2v) is 7.39. The van der Waals surface area contributed by atoms with E-state index in [1.165, 1.54) is 10.5 Å². The molecule has 4 heteroatoms. The number of benzene rings is 1. The summed E-state index contributed by atoms with van der Waals surface area (Å²) >= 11 is 9.70. The maximum absolute atomic E-state index is 6.29. The normalized spacial score (nSPS) is 14.4. The summed E-state index contributed by atoms with van der Waals surface area (Å²) in [5, 5.41) is 2.04. The van der Waals surface area contributed by atoms with Gasteiger partial charge >= 0.3 is 0 Å². The fraction of sp³-hybridized carbons (Fsp3) is 0.286. The molecule has 2 rings (SSSR count). The van der Waals surface area contributed by atoms with E-state index in [9.17, 15) is 0 Å². The summed E-state index contributed by atoms with van der Waals surface area (Å²) in [7, 11) is 0. The Labute approximate surface area is 121 Å². The first kappa shape index (κ1) is 13.9. The Kier molecular flexibility index (Phi) is 4.73. The van der Waals surface area contributed by atoms with Gasteiger partial charge in [0.15, 0.2) is 0 Å². The van der Waals surface area contributed by atoms with Crippen LogP contribution in [-0.4, -0.2) is 6.54 Å². The summed E-state index contributed by atoms with van der Waals surface area (Å²) in [5.41, 5.74) is 6.96. The number of thioether (sulfide) groups is 1. The molecule has 0 aliphatic carbocycles. The van der Waals surface area contributed by atoms with E-state index in [0.29, 0.717) is 6.54 Å². The van der Waals surface area contributed by atoms with Gasteiger partial charge < -0.3 is 5.73 Å². The van der Waals surface area contributed by atoms with Gasteiger partial charge in [0.25, 0.3) is 0 Å². The van der Waals surface area contributed by atoms with E-state index >= 15 is 0 Å². The molecule has 1 atom stereocenters. The number of hydrogen-bond acceptors (Lipinski definition) is 3. The van der Waals surface area contributed by atoms with Crippen molar-refractivity contribution < 1.29 is 0 Å². The topological polar surface area (TPSA) is 26.0 Å². The van der Waals surface area contributed by atoms with Crippen LogP contribution in [-0.2, 0) is 4.75 Å². The van der Waals surface area contributed by atoms with Gasteiger partial charge in [0, 0.05) is 9.64 Å². The lowest BCUT2D eigenvalue weighted by molar-refractivity contribution is 0.633. The van der Waals surface area contributed by atoms with E-state index in [1.54, 1.807) is 11.3 Å². The van der Waals surface area contributed by atoms with Crippen molar-refractivity contribution in [2.24, 2.45) is 5.73 Å². The molecule has 18 heavy (non-hydrogen) atoms. The van der Waals surface area contributed by atoms with E-state index in [-0.39, 0.29) is 4.75 Å². The van der Waals surface area contributed by atoms with Gasteiger partial charge in [-0.3, -0.25) is 0 Å². The van der Waals surface area contributed by atoms with Crippen LogP contribution in [0.25, 0.3) is 0 Å². The van der Waals surface area contributed by atoms with Crippen molar-refractivity contribution in [2.75, 3.05) is 6.54 Å². The van der Waals surface area contributed by atoms with Crippen molar-refractivity contribution in [1.29, 1.82) is 0 Å². The zero-order chi connectivity index (χ0) is 13.0. The second kappa shape index (κ2) is 6.11. The Balaban J connectivity index is 2.30. The summed E-state index contributed by atoms with van der Waals surface area (Å²) < 4.78 is 0.807. The van der Waals surface area contributed by atoms with Crippen molar-refractivity contribution in [1.82, 2.24) is 0 Å². The zero-order valence-electron chi connectivity index (χ0n) is 10.2. The van der Waals surface area contributed by atoms with Crippen molar-refractivity contribution in [3.05, 3.63) is 51.7 Å². The summed E-state index contributed by atoms with van der Waals surface area (Å²) in [6.45, 7) is 2.87. The van der Waals surface area contributed by atoms with Crippen LogP contribution in [0.4, 0.5) is 0 Å². The molecule has 1 nitrogen and oxygen atoms in total. The number of rotatable bonds is 5. The second-order valence-electron chi connectivity index (χ2n) is 4.29. The van der Waals surface area contributed by atoms with Crippen molar-refractivity contribution in [3.8, 4) is 0 Å². The highest BCUT2D eigenvalue weighted by molar-refractivity contribution is 8.00. The van der Waals surface area contributed by atoms with Crippen LogP contribution in [0.2, 0.25) is 4.34 Å². The summed E-state index contributed by atoms with van der Waals surface area (Å²) in [5.74, 6) is 0. The standard InChI is InChI=1S/C14H16ClNS2/c1-14(8-9-16,12-7-10-17-13(12)15)18-11-5-3-2-4-6-11/h2-7,10H,8-9,16H2,1H3. The molecule has 2 N–H and O–H groups in total. The molecule has 0 aliphatic heterocycles. The smallest absolute Gasteiger partial charge is 0.0974 e. The van der Waals surface area contributed by atoms with Crippen LogP contribution >= 0.6 is 34.7 Å². The first-order valence-corrected chi connectivity index (χ1v) is 7.91. The molecule has 1 aromatic heterocycles. The van der Waals surface area contributed by atoms with Gasteiger partial charge in [-0.15, -0.1) is 23.1 Å². The lowest BCUT2D eigenvalue weighted by Gasteiger charge is -2.28. The SMILES string of the molecule is CC(CCN)(Sc1ccccc1)c1ccsc1Cl. The minimum Gasteiger partial charge on any atom is -0.330 e. The summed E-state index contributed by atoms with van der Waals surface area (Å²) in [4.78, 5) is 1.25. The van der Waals surface area contributed by atoms with Gasteiger partial charge in [0.05, 0.1) is 4.34 Å². The summed E-state index contributed by atoms with van der Waals surface area (Å²) in [6.07, 6.45) is 0.906. The monoisotopic (exact) mass is 297 g/mol. The van der Waals surface area contributed by atoms with Crippen LogP contribution in [0.15, 0.2) is 46.7 Å². The van der Waals surface area contributed by atoms with E-state index in [1.807, 2.05) is 23.2 Å². The average Bonchev–Trinajstić information content (AvgIpc) is 2.78. The third-order valence-electron chi connectivity index (χ3n) is 2.90. The highest BCUT2D eigenvalue weighted by Gasteiger charge is 2.30. The lowest BCUT2D eigenvalue weighted by atomic mass is 10.00. The van der Waals surface area contributed by atoms with E-state index in [4.69, 9.17) is 17.3 Å². The van der Waals surface area contributed by atoms with Gasteiger partial charge in [-0.2, -0.15) is 0 Å². The van der Waals surface area contributed by atoms with Gasteiger partial charge in [0.1, 0.15) is 0 Å². The highest BCUT2D eigenvalue weighted by Crippen LogP contribution is 2.47. The minimum atomic E-state index is -0.0623. The third-order valence-corrected chi connectivity index (χ3v) is 5.45. The van der Waals surface area contributed by atoms with Crippen LogP contribution < -0.4 is 5.73 Å². The van der Waals surface area contributed by atoms with Crippen LogP contribution in [0.1, 0.15) is 18.9 Å². The quantitative estimate of drug-likeness (QED) is 0.805. The van der Waals surface area contributed by atoms with Gasteiger partial charge in [-0.1, -0.05) is 29.8 Å². The molecule has 1 aromatic carbocycles. The predicted octanol–water partition coefficient (Wildman–Crippen LogP) is 4.76. The molecule has 96 valence electrons. The Morgan fingerprint density at radius 1 is 1.28 bits per heavy atom. The number of nitrogens with two attached hydrogens (primary N) is 1. The summed E-state index contributed by atoms with van der Waals surface area (Å²) in [6, 6.07) is 12.5. The van der Waals surface area contributed by atoms with Crippen LogP contribution in [0, 0.1) is 0 Å². The molecule has 1 unspecified atom stereocenters. The fourth-order valence-electron chi connectivity index (χ4n) is 1.94. The van der Waals surface area contributed by atoms with Gasteiger partial charge in [-0.05, 0) is 49.0 Å². The molecule has 0 amide bonds. The average molecular weight is 298 g/mol. The van der Waals surface area contributed by atoms with Gasteiger partial charge in [-0.25, -0.2) is 0 Å². The van der Waals surface area contributed by atoms with Crippen molar-refractivity contribution in [3.63, 3.8) is 0 Å². The predicted molar refractivity (Wildman–Crippen MR) is 82.7 cm³/mol. The highest BCUT2D eigenvalue weighted by atomic mass is 35.5. The molecule has 0 fully saturated rings. The molecule has 1 heterocycles. The lowest BCUT2D eigenvalue weighted by Crippen LogP contribution is -2.21. The molecule has 0 bridgehead atoms. The number of thiophene rings is 1. The van der Waals surface area contributed by atoms with E-state index in [0.717, 1.165) is 10.8 Å². The molecule has 0 radical (unpaired) electrons. The number of halogens is 1.